The van der Waals surface area contributed by atoms with Crippen molar-refractivity contribution >= 4 is 17.8 Å². The van der Waals surface area contributed by atoms with Crippen LogP contribution in [-0.4, -0.2) is 52.4 Å². The van der Waals surface area contributed by atoms with Gasteiger partial charge in [0.15, 0.2) is 0 Å². The highest BCUT2D eigenvalue weighted by molar-refractivity contribution is 5.87. The van der Waals surface area contributed by atoms with E-state index in [9.17, 15) is 14.4 Å². The molecule has 8 nitrogen and oxygen atoms in total. The number of aliphatic carboxylic acids is 2. The van der Waals surface area contributed by atoms with Crippen molar-refractivity contribution in [3.63, 3.8) is 0 Å². The first kappa shape index (κ1) is 18.1. The van der Waals surface area contributed by atoms with Crippen LogP contribution in [0.2, 0.25) is 0 Å². The molecule has 0 saturated carbocycles. The summed E-state index contributed by atoms with van der Waals surface area (Å²) in [5.74, 6) is -2.42. The molecule has 5 N–H and O–H groups in total. The van der Waals surface area contributed by atoms with Gasteiger partial charge in [-0.15, -0.1) is 0 Å². The van der Waals surface area contributed by atoms with Crippen molar-refractivity contribution < 1.29 is 29.3 Å². The maximum atomic E-state index is 11.3. The van der Waals surface area contributed by atoms with Crippen molar-refractivity contribution in [3.8, 4) is 0 Å². The zero-order valence-electron chi connectivity index (χ0n) is 12.6. The van der Waals surface area contributed by atoms with Crippen LogP contribution >= 0.6 is 0 Å². The fourth-order valence-electron chi connectivity index (χ4n) is 2.41. The average Bonchev–Trinajstić information content (AvgIpc) is 2.40. The van der Waals surface area contributed by atoms with Gasteiger partial charge in [0.05, 0.1) is 24.7 Å². The van der Waals surface area contributed by atoms with Crippen LogP contribution < -0.4 is 11.1 Å². The Balaban J connectivity index is 2.98. The van der Waals surface area contributed by atoms with Gasteiger partial charge in [0.25, 0.3) is 0 Å². The van der Waals surface area contributed by atoms with Crippen LogP contribution in [0.25, 0.3) is 0 Å². The molecule has 4 atom stereocenters. The Morgan fingerprint density at radius 2 is 2.09 bits per heavy atom. The fraction of sp³-hybridized carbons (Fsp3) is 0.643. The summed E-state index contributed by atoms with van der Waals surface area (Å²) in [5.41, 5.74) is 6.05. The van der Waals surface area contributed by atoms with Gasteiger partial charge in [-0.1, -0.05) is 6.92 Å². The van der Waals surface area contributed by atoms with E-state index in [-0.39, 0.29) is 24.3 Å². The second kappa shape index (κ2) is 7.90. The lowest BCUT2D eigenvalue weighted by Gasteiger charge is -2.36. The highest BCUT2D eigenvalue weighted by atomic mass is 16.5. The lowest BCUT2D eigenvalue weighted by Crippen LogP contribution is -2.57. The Bertz CT molecular complexity index is 476. The van der Waals surface area contributed by atoms with Crippen molar-refractivity contribution in [2.45, 2.75) is 57.4 Å². The van der Waals surface area contributed by atoms with Crippen LogP contribution in [0.3, 0.4) is 0 Å². The third kappa shape index (κ3) is 5.12. The summed E-state index contributed by atoms with van der Waals surface area (Å²) < 4.78 is 5.70. The summed E-state index contributed by atoms with van der Waals surface area (Å²) >= 11 is 0. The minimum atomic E-state index is -1.10. The Kier molecular flexibility index (Phi) is 6.51. The van der Waals surface area contributed by atoms with Gasteiger partial charge in [-0.2, -0.15) is 0 Å². The van der Waals surface area contributed by atoms with Gasteiger partial charge in [0.1, 0.15) is 0 Å². The number of ether oxygens (including phenoxy) is 1. The molecule has 0 radical (unpaired) electrons. The number of hydrogen-bond acceptors (Lipinski definition) is 5. The van der Waals surface area contributed by atoms with E-state index >= 15 is 0 Å². The zero-order chi connectivity index (χ0) is 16.9. The number of hydrogen-bond donors (Lipinski definition) is 4. The molecule has 0 aromatic heterocycles. The minimum absolute atomic E-state index is 0.101. The predicted octanol–water partition coefficient (Wildman–Crippen LogP) is -0.128. The number of amides is 1. The molecule has 0 spiro atoms. The van der Waals surface area contributed by atoms with Crippen molar-refractivity contribution in [2.75, 3.05) is 0 Å². The maximum absolute atomic E-state index is 11.3. The highest BCUT2D eigenvalue weighted by Gasteiger charge is 2.35. The molecular formula is C14H22N2O6. The lowest BCUT2D eigenvalue weighted by molar-refractivity contribution is -0.142. The number of carboxylic acid groups (broad SMARTS) is 2. The molecule has 1 aliphatic carbocycles. The molecule has 124 valence electrons. The van der Waals surface area contributed by atoms with Gasteiger partial charge in [-0.3, -0.25) is 9.59 Å². The molecule has 0 aromatic carbocycles. The summed E-state index contributed by atoms with van der Waals surface area (Å²) in [6, 6.07) is -1.21. The van der Waals surface area contributed by atoms with Gasteiger partial charge < -0.3 is 26.0 Å². The van der Waals surface area contributed by atoms with Crippen LogP contribution in [-0.2, 0) is 19.1 Å². The van der Waals surface area contributed by atoms with Crippen molar-refractivity contribution in [2.24, 2.45) is 5.73 Å². The summed E-state index contributed by atoms with van der Waals surface area (Å²) in [7, 11) is 0. The quantitative estimate of drug-likeness (QED) is 0.513. The number of rotatable bonds is 7. The van der Waals surface area contributed by atoms with E-state index in [1.165, 1.54) is 13.0 Å². The Morgan fingerprint density at radius 1 is 1.45 bits per heavy atom. The van der Waals surface area contributed by atoms with E-state index in [0.717, 1.165) is 0 Å². The van der Waals surface area contributed by atoms with E-state index < -0.39 is 36.2 Å². The molecule has 1 aliphatic rings. The smallest absolute Gasteiger partial charge is 0.331 e. The standard InChI is InChI=1S/C14H22N2O6/c1-3-9(6-12(18)19)22-11-5-8(14(20)21)4-10(15)13(11)16-7(2)17/h5,9-11,13H,3-4,6,15H2,1-2H3,(H,16,17)(H,18,19)(H,20,21)/t9-,10-,11+,13+/m0/s1. The Labute approximate surface area is 128 Å². The van der Waals surface area contributed by atoms with Gasteiger partial charge in [0.2, 0.25) is 5.91 Å². The first-order valence-corrected chi connectivity index (χ1v) is 7.08. The molecule has 8 heteroatoms. The third-order valence-electron chi connectivity index (χ3n) is 3.49. The Morgan fingerprint density at radius 3 is 2.55 bits per heavy atom. The molecule has 0 aliphatic heterocycles. The first-order chi connectivity index (χ1) is 10.2. The van der Waals surface area contributed by atoms with Crippen LogP contribution in [0.5, 0.6) is 0 Å². The lowest BCUT2D eigenvalue weighted by atomic mass is 9.88. The molecule has 0 heterocycles. The Hall–Kier alpha value is -1.93. The molecule has 0 fully saturated rings. The van der Waals surface area contributed by atoms with Gasteiger partial charge in [-0.05, 0) is 18.9 Å². The van der Waals surface area contributed by atoms with E-state index in [1.807, 2.05) is 0 Å². The fourth-order valence-corrected chi connectivity index (χ4v) is 2.41. The van der Waals surface area contributed by atoms with Crippen LogP contribution in [0.15, 0.2) is 11.6 Å². The summed E-state index contributed by atoms with van der Waals surface area (Å²) in [6.45, 7) is 3.10. The predicted molar refractivity (Wildman–Crippen MR) is 77.1 cm³/mol. The average molecular weight is 314 g/mol. The minimum Gasteiger partial charge on any atom is -0.481 e. The molecule has 0 unspecified atom stereocenters. The SMILES string of the molecule is CC[C@@H](CC(=O)O)O[C@@H]1C=C(C(=O)O)C[C@H](N)[C@H]1NC(C)=O. The molecule has 0 bridgehead atoms. The third-order valence-corrected chi connectivity index (χ3v) is 3.49. The van der Waals surface area contributed by atoms with Crippen LogP contribution in [0, 0.1) is 0 Å². The summed E-state index contributed by atoms with van der Waals surface area (Å²) in [6.07, 6.45) is 0.386. The first-order valence-electron chi connectivity index (χ1n) is 7.08. The molecule has 0 saturated heterocycles. The summed E-state index contributed by atoms with van der Waals surface area (Å²) in [5, 5.41) is 20.6. The number of nitrogens with one attached hydrogen (secondary N) is 1. The second-order valence-electron chi connectivity index (χ2n) is 5.32. The number of carbonyl (C=O) groups is 3. The summed E-state index contributed by atoms with van der Waals surface area (Å²) in [4.78, 5) is 33.3. The van der Waals surface area contributed by atoms with Gasteiger partial charge in [0, 0.05) is 18.5 Å². The largest absolute Gasteiger partial charge is 0.481 e. The van der Waals surface area contributed by atoms with Gasteiger partial charge >= 0.3 is 11.9 Å². The topological polar surface area (TPSA) is 139 Å². The monoisotopic (exact) mass is 314 g/mol. The zero-order valence-corrected chi connectivity index (χ0v) is 12.6. The van der Waals surface area contributed by atoms with Crippen molar-refractivity contribution in [1.29, 1.82) is 0 Å². The van der Waals surface area contributed by atoms with Crippen molar-refractivity contribution in [1.82, 2.24) is 5.32 Å². The molecule has 22 heavy (non-hydrogen) atoms. The molecule has 1 rings (SSSR count). The molecule has 1 amide bonds. The molecule has 0 aromatic rings. The molecular weight excluding hydrogens is 292 g/mol. The van der Waals surface area contributed by atoms with E-state index in [4.69, 9.17) is 20.7 Å². The number of carbonyl (C=O) groups excluding carboxylic acids is 1. The van der Waals surface area contributed by atoms with Crippen molar-refractivity contribution in [3.05, 3.63) is 11.6 Å². The van der Waals surface area contributed by atoms with E-state index in [1.54, 1.807) is 6.92 Å². The van der Waals surface area contributed by atoms with Gasteiger partial charge in [-0.25, -0.2) is 4.79 Å². The van der Waals surface area contributed by atoms with Crippen LogP contribution in [0.4, 0.5) is 0 Å². The normalized spacial score (nSPS) is 26.0. The number of nitrogens with two attached hydrogens (primary N) is 1. The highest BCUT2D eigenvalue weighted by Crippen LogP contribution is 2.23. The maximum Gasteiger partial charge on any atom is 0.331 e. The number of carboxylic acids is 2. The van der Waals surface area contributed by atoms with Crippen LogP contribution in [0.1, 0.15) is 33.1 Å². The second-order valence-corrected chi connectivity index (χ2v) is 5.32. The van der Waals surface area contributed by atoms with E-state index in [0.29, 0.717) is 6.42 Å². The van der Waals surface area contributed by atoms with E-state index in [2.05, 4.69) is 5.32 Å².